The number of nitrogens with zero attached hydrogens (tertiary/aromatic N) is 2. The van der Waals surface area contributed by atoms with Crippen LogP contribution in [0, 0.1) is 0 Å². The van der Waals surface area contributed by atoms with Crippen LogP contribution in [0.5, 0.6) is 0 Å². The van der Waals surface area contributed by atoms with E-state index in [2.05, 4.69) is 15.3 Å². The fraction of sp³-hybridized carbons (Fsp3) is 0.179. The summed E-state index contributed by atoms with van der Waals surface area (Å²) in [7, 11) is 0. The Bertz CT molecular complexity index is 1400. The number of imidazole rings is 1. The third kappa shape index (κ3) is 3.93. The number of carbonyl (C=O) groups is 2. The molecule has 0 spiro atoms. The Morgan fingerprint density at radius 1 is 1.03 bits per heavy atom. The van der Waals surface area contributed by atoms with Crippen molar-refractivity contribution in [2.24, 2.45) is 0 Å². The number of amides is 1. The predicted molar refractivity (Wildman–Crippen MR) is 140 cm³/mol. The van der Waals surface area contributed by atoms with Gasteiger partial charge in [-0.25, -0.2) is 9.78 Å². The highest BCUT2D eigenvalue weighted by molar-refractivity contribution is 8.00. The molecule has 1 aromatic heterocycles. The summed E-state index contributed by atoms with van der Waals surface area (Å²) >= 11 is 1.63. The number of para-hydroxylation sites is 2. The number of hydrogen-bond donors (Lipinski definition) is 2. The number of fused-ring (bicyclic) bond motifs is 2. The molecule has 6 rings (SSSR count). The maximum absolute atomic E-state index is 13.6. The van der Waals surface area contributed by atoms with Crippen molar-refractivity contribution in [3.63, 3.8) is 0 Å². The van der Waals surface area contributed by atoms with E-state index in [0.717, 1.165) is 27.7 Å². The van der Waals surface area contributed by atoms with Gasteiger partial charge in [-0.05, 0) is 35.8 Å². The van der Waals surface area contributed by atoms with Gasteiger partial charge >= 0.3 is 5.97 Å². The molecule has 0 saturated carbocycles. The number of β-lactam (4-membered cyclic amide) rings is 1. The van der Waals surface area contributed by atoms with Gasteiger partial charge in [-0.3, -0.25) is 9.69 Å². The minimum Gasteiger partial charge on any atom is -0.448 e. The van der Waals surface area contributed by atoms with Crippen LogP contribution in [0.4, 0.5) is 5.95 Å². The van der Waals surface area contributed by atoms with Crippen LogP contribution in [-0.4, -0.2) is 43.9 Å². The number of rotatable bonds is 6. The van der Waals surface area contributed by atoms with Crippen molar-refractivity contribution in [2.75, 3.05) is 11.1 Å². The van der Waals surface area contributed by atoms with Crippen molar-refractivity contribution in [3.8, 4) is 0 Å². The Labute approximate surface area is 212 Å². The molecule has 2 atom stereocenters. The van der Waals surface area contributed by atoms with E-state index in [0.29, 0.717) is 17.4 Å². The first-order valence-electron chi connectivity index (χ1n) is 11.8. The first-order chi connectivity index (χ1) is 17.6. The Balaban J connectivity index is 1.24. The van der Waals surface area contributed by atoms with Gasteiger partial charge in [0.15, 0.2) is 6.10 Å². The number of aromatic amines is 1. The van der Waals surface area contributed by atoms with Crippen LogP contribution in [0.15, 0.2) is 96.2 Å². The van der Waals surface area contributed by atoms with E-state index in [9.17, 15) is 9.59 Å². The summed E-state index contributed by atoms with van der Waals surface area (Å²) in [4.78, 5) is 36.1. The molecule has 0 unspecified atom stereocenters. The molecule has 2 aliphatic rings. The van der Waals surface area contributed by atoms with Gasteiger partial charge in [0.05, 0.1) is 11.0 Å². The third-order valence-electron chi connectivity index (χ3n) is 6.46. The lowest BCUT2D eigenvalue weighted by molar-refractivity contribution is -0.152. The third-order valence-corrected chi connectivity index (χ3v) is 7.89. The average molecular weight is 497 g/mol. The Morgan fingerprint density at radius 2 is 1.67 bits per heavy atom. The molecule has 7 nitrogen and oxygen atoms in total. The minimum absolute atomic E-state index is 0.171. The Kier molecular flexibility index (Phi) is 5.73. The number of benzene rings is 3. The van der Waals surface area contributed by atoms with Gasteiger partial charge in [-0.2, -0.15) is 0 Å². The molecule has 0 aliphatic carbocycles. The molecule has 2 aliphatic heterocycles. The van der Waals surface area contributed by atoms with E-state index in [1.54, 1.807) is 16.7 Å². The van der Waals surface area contributed by atoms with Crippen LogP contribution in [0.25, 0.3) is 11.0 Å². The quantitative estimate of drug-likeness (QED) is 0.293. The van der Waals surface area contributed by atoms with E-state index in [4.69, 9.17) is 4.74 Å². The molecule has 8 heteroatoms. The summed E-state index contributed by atoms with van der Waals surface area (Å²) in [5.41, 5.74) is 4.63. The number of ether oxygens (including phenoxy) is 1. The van der Waals surface area contributed by atoms with Gasteiger partial charge in [0.2, 0.25) is 5.95 Å². The summed E-state index contributed by atoms with van der Waals surface area (Å²) in [6.07, 6.45) is -0.575. The van der Waals surface area contributed by atoms with E-state index in [-0.39, 0.29) is 11.3 Å². The standard InChI is InChI=1S/C28H24N4O3S/c1-17-16-36-26-22(31-28-29-20-14-8-9-15-21(20)30-28)25(33)32(26)23(17)27(34)35-24(18-10-4-2-5-11-18)19-12-6-3-7-13-19/h2-15,22,24,26H,16H2,1H3,(H2,29,30,31)/t22-,26-/m1/s1. The first kappa shape index (κ1) is 22.4. The molecule has 0 radical (unpaired) electrons. The molecule has 3 aromatic carbocycles. The molecular formula is C28H24N4O3S. The normalized spacial score (nSPS) is 19.3. The van der Waals surface area contributed by atoms with Gasteiger partial charge in [0, 0.05) is 5.75 Å². The predicted octanol–water partition coefficient (Wildman–Crippen LogP) is 4.87. The molecule has 36 heavy (non-hydrogen) atoms. The maximum atomic E-state index is 13.6. The fourth-order valence-corrected chi connectivity index (χ4v) is 5.97. The topological polar surface area (TPSA) is 87.3 Å². The molecule has 180 valence electrons. The summed E-state index contributed by atoms with van der Waals surface area (Å²) in [6.45, 7) is 1.88. The minimum atomic E-state index is -0.575. The second kappa shape index (κ2) is 9.20. The zero-order valence-corrected chi connectivity index (χ0v) is 20.4. The van der Waals surface area contributed by atoms with Crippen LogP contribution < -0.4 is 5.32 Å². The molecule has 3 heterocycles. The highest BCUT2D eigenvalue weighted by Gasteiger charge is 2.54. The van der Waals surface area contributed by atoms with E-state index in [1.165, 1.54) is 0 Å². The smallest absolute Gasteiger partial charge is 0.356 e. The van der Waals surface area contributed by atoms with Gasteiger partial charge < -0.3 is 15.0 Å². The number of carbonyl (C=O) groups excluding carboxylic acids is 2. The molecule has 1 saturated heterocycles. The average Bonchev–Trinajstić information content (AvgIpc) is 3.34. The van der Waals surface area contributed by atoms with E-state index < -0.39 is 18.1 Å². The van der Waals surface area contributed by atoms with Gasteiger partial charge in [-0.1, -0.05) is 72.8 Å². The van der Waals surface area contributed by atoms with Gasteiger partial charge in [0.1, 0.15) is 17.1 Å². The lowest BCUT2D eigenvalue weighted by Crippen LogP contribution is -2.67. The number of nitrogens with one attached hydrogen (secondary N) is 2. The lowest BCUT2D eigenvalue weighted by atomic mass is 10.0. The van der Waals surface area contributed by atoms with Crippen molar-refractivity contribution < 1.29 is 14.3 Å². The van der Waals surface area contributed by atoms with Crippen molar-refractivity contribution in [3.05, 3.63) is 107 Å². The second-order valence-electron chi connectivity index (χ2n) is 8.87. The van der Waals surface area contributed by atoms with Crippen molar-refractivity contribution in [1.82, 2.24) is 14.9 Å². The van der Waals surface area contributed by atoms with E-state index in [1.807, 2.05) is 91.9 Å². The molecule has 1 fully saturated rings. The van der Waals surface area contributed by atoms with Crippen LogP contribution in [0.1, 0.15) is 24.2 Å². The van der Waals surface area contributed by atoms with Gasteiger partial charge in [0.25, 0.3) is 5.91 Å². The molecular weight excluding hydrogens is 472 g/mol. The molecule has 4 aromatic rings. The fourth-order valence-electron chi connectivity index (χ4n) is 4.68. The lowest BCUT2D eigenvalue weighted by Gasteiger charge is -2.49. The second-order valence-corrected chi connectivity index (χ2v) is 9.98. The Hall–Kier alpha value is -4.04. The summed E-state index contributed by atoms with van der Waals surface area (Å²) in [5, 5.41) is 3.01. The summed E-state index contributed by atoms with van der Waals surface area (Å²) < 4.78 is 6.09. The Morgan fingerprint density at radius 3 is 2.33 bits per heavy atom. The van der Waals surface area contributed by atoms with E-state index >= 15 is 0 Å². The highest BCUT2D eigenvalue weighted by atomic mass is 32.2. The van der Waals surface area contributed by atoms with Crippen LogP contribution in [-0.2, 0) is 14.3 Å². The zero-order chi connectivity index (χ0) is 24.6. The number of thioether (sulfide) groups is 1. The monoisotopic (exact) mass is 496 g/mol. The number of H-pyrrole nitrogens is 1. The van der Waals surface area contributed by atoms with Crippen molar-refractivity contribution >= 4 is 40.6 Å². The largest absolute Gasteiger partial charge is 0.448 e. The number of esters is 1. The number of hydrogen-bond acceptors (Lipinski definition) is 6. The first-order valence-corrected chi connectivity index (χ1v) is 12.8. The van der Waals surface area contributed by atoms with Crippen LogP contribution >= 0.6 is 11.8 Å². The summed E-state index contributed by atoms with van der Waals surface area (Å²) in [5.74, 6) is 0.512. The SMILES string of the molecule is CC1=C(C(=O)OC(c2ccccc2)c2ccccc2)N2C(=O)[C@@H](Nc3nc4ccccc4[nH]3)[C@H]2SC1. The van der Waals surface area contributed by atoms with Crippen LogP contribution in [0.3, 0.4) is 0 Å². The highest BCUT2D eigenvalue weighted by Crippen LogP contribution is 2.42. The van der Waals surface area contributed by atoms with Crippen molar-refractivity contribution in [2.45, 2.75) is 24.4 Å². The number of anilines is 1. The number of aromatic nitrogens is 2. The maximum Gasteiger partial charge on any atom is 0.356 e. The molecule has 1 amide bonds. The molecule has 2 N–H and O–H groups in total. The zero-order valence-electron chi connectivity index (χ0n) is 19.5. The van der Waals surface area contributed by atoms with Crippen molar-refractivity contribution in [1.29, 1.82) is 0 Å². The summed E-state index contributed by atoms with van der Waals surface area (Å²) in [6, 6.07) is 26.5. The molecule has 0 bridgehead atoms. The van der Waals surface area contributed by atoms with Gasteiger partial charge in [-0.15, -0.1) is 11.8 Å². The van der Waals surface area contributed by atoms with Crippen LogP contribution in [0.2, 0.25) is 0 Å².